The molecule has 0 heterocycles. The predicted molar refractivity (Wildman–Crippen MR) is 125 cm³/mol. The van der Waals surface area contributed by atoms with Crippen molar-refractivity contribution in [3.8, 4) is 0 Å². The van der Waals surface area contributed by atoms with Gasteiger partial charge in [-0.05, 0) is 46.0 Å². The van der Waals surface area contributed by atoms with Gasteiger partial charge < -0.3 is 14.8 Å². The number of nitrogens with one attached hydrogen (secondary N) is 1. The molecule has 178 valence electrons. The first-order chi connectivity index (χ1) is 14.3. The highest BCUT2D eigenvalue weighted by Gasteiger charge is 2.16. The number of esters is 1. The largest absolute Gasteiger partial charge is 0.465 e. The van der Waals surface area contributed by atoms with Crippen LogP contribution in [0.5, 0.6) is 0 Å². The highest BCUT2D eigenvalue weighted by molar-refractivity contribution is 5.70. The second-order valence-electron chi connectivity index (χ2n) is 9.49. The van der Waals surface area contributed by atoms with E-state index >= 15 is 0 Å². The molecule has 0 fully saturated rings. The van der Waals surface area contributed by atoms with Crippen molar-refractivity contribution >= 4 is 12.1 Å². The van der Waals surface area contributed by atoms with Crippen LogP contribution in [0.1, 0.15) is 125 Å². The molecule has 30 heavy (non-hydrogen) atoms. The van der Waals surface area contributed by atoms with Crippen LogP contribution in [-0.4, -0.2) is 30.8 Å². The van der Waals surface area contributed by atoms with Gasteiger partial charge in [-0.2, -0.15) is 0 Å². The lowest BCUT2D eigenvalue weighted by Crippen LogP contribution is -2.33. The molecule has 1 unspecified atom stereocenters. The lowest BCUT2D eigenvalue weighted by atomic mass is 9.95. The summed E-state index contributed by atoms with van der Waals surface area (Å²) in [6.07, 6.45) is 15.6. The molecular weight excluding hydrogens is 378 g/mol. The highest BCUT2D eigenvalue weighted by Crippen LogP contribution is 2.19. The zero-order chi connectivity index (χ0) is 22.7. The summed E-state index contributed by atoms with van der Waals surface area (Å²) in [5.41, 5.74) is -0.509. The van der Waals surface area contributed by atoms with Crippen LogP contribution in [0.3, 0.4) is 0 Å². The van der Waals surface area contributed by atoms with Gasteiger partial charge in [0.1, 0.15) is 5.60 Å². The van der Waals surface area contributed by atoms with E-state index in [4.69, 9.17) is 9.47 Å². The van der Waals surface area contributed by atoms with Crippen molar-refractivity contribution in [3.05, 3.63) is 0 Å². The molecule has 0 aliphatic carbocycles. The number of carbonyl (C=O) groups is 2. The van der Waals surface area contributed by atoms with Crippen molar-refractivity contribution in [3.63, 3.8) is 0 Å². The topological polar surface area (TPSA) is 64.6 Å². The molecule has 0 aliphatic heterocycles. The first-order valence-corrected chi connectivity index (χ1v) is 12.4. The lowest BCUT2D eigenvalue weighted by Gasteiger charge is -2.19. The summed E-state index contributed by atoms with van der Waals surface area (Å²) in [4.78, 5) is 23.7. The van der Waals surface area contributed by atoms with E-state index in [1.165, 1.54) is 64.2 Å². The van der Waals surface area contributed by atoms with Crippen molar-refractivity contribution in [2.24, 2.45) is 5.92 Å². The van der Waals surface area contributed by atoms with Gasteiger partial charge in [-0.25, -0.2) is 4.79 Å². The Kier molecular flexibility index (Phi) is 17.7. The summed E-state index contributed by atoms with van der Waals surface area (Å²) in [5.74, 6) is 0.319. The minimum Gasteiger partial charge on any atom is -0.465 e. The Morgan fingerprint density at radius 2 is 1.33 bits per heavy atom. The van der Waals surface area contributed by atoms with Crippen LogP contribution in [-0.2, 0) is 14.3 Å². The highest BCUT2D eigenvalue weighted by atomic mass is 16.6. The van der Waals surface area contributed by atoms with E-state index in [0.717, 1.165) is 12.8 Å². The lowest BCUT2D eigenvalue weighted by molar-refractivity contribution is -0.145. The third kappa shape index (κ3) is 20.0. The quantitative estimate of drug-likeness (QED) is 0.186. The van der Waals surface area contributed by atoms with Gasteiger partial charge >= 0.3 is 12.1 Å². The zero-order valence-corrected chi connectivity index (χ0v) is 20.5. The third-order valence-corrected chi connectivity index (χ3v) is 5.14. The maximum Gasteiger partial charge on any atom is 0.407 e. The molecule has 0 rings (SSSR count). The predicted octanol–water partition coefficient (Wildman–Crippen LogP) is 7.17. The Hall–Kier alpha value is -1.26. The Morgan fingerprint density at radius 3 is 1.90 bits per heavy atom. The molecule has 0 radical (unpaired) electrons. The molecule has 5 nitrogen and oxygen atoms in total. The van der Waals surface area contributed by atoms with Crippen LogP contribution < -0.4 is 5.32 Å². The molecule has 0 aromatic heterocycles. The minimum atomic E-state index is -0.509. The first kappa shape index (κ1) is 28.7. The smallest absolute Gasteiger partial charge is 0.407 e. The fraction of sp³-hybridized carbons (Fsp3) is 0.920. The molecular formula is C25H49NO4. The normalized spacial score (nSPS) is 12.4. The van der Waals surface area contributed by atoms with Gasteiger partial charge in [0, 0.05) is 13.0 Å². The summed E-state index contributed by atoms with van der Waals surface area (Å²) in [5, 5.41) is 2.68. The fourth-order valence-corrected chi connectivity index (χ4v) is 3.40. The molecule has 1 atom stereocenters. The van der Waals surface area contributed by atoms with Crippen molar-refractivity contribution in [1.29, 1.82) is 0 Å². The number of amides is 1. The third-order valence-electron chi connectivity index (χ3n) is 5.14. The average Bonchev–Trinajstić information content (AvgIpc) is 2.67. The van der Waals surface area contributed by atoms with Crippen LogP contribution >= 0.6 is 0 Å². The standard InChI is InChI=1S/C25H49NO4/c1-6-8-10-12-13-15-18-22(17-14-11-9-7-2)21-29-23(27)19-16-20-26-24(28)30-25(3,4)5/h22H,6-21H2,1-5H3,(H,26,28). The fourth-order valence-electron chi connectivity index (χ4n) is 3.40. The van der Waals surface area contributed by atoms with Crippen LogP contribution in [0.4, 0.5) is 4.79 Å². The molecule has 0 aromatic rings. The van der Waals surface area contributed by atoms with Crippen LogP contribution in [0.15, 0.2) is 0 Å². The first-order valence-electron chi connectivity index (χ1n) is 12.4. The van der Waals surface area contributed by atoms with Gasteiger partial charge in [0.25, 0.3) is 0 Å². The van der Waals surface area contributed by atoms with E-state index < -0.39 is 11.7 Å². The summed E-state index contributed by atoms with van der Waals surface area (Å²) < 4.78 is 10.7. The van der Waals surface area contributed by atoms with Gasteiger partial charge in [0.05, 0.1) is 6.61 Å². The maximum absolute atomic E-state index is 12.1. The Morgan fingerprint density at radius 1 is 0.800 bits per heavy atom. The number of alkyl carbamates (subject to hydrolysis) is 1. The SMILES string of the molecule is CCCCCCCCC(CCCCCC)COC(=O)CCCNC(=O)OC(C)(C)C. The molecule has 0 aromatic carbocycles. The van der Waals surface area contributed by atoms with E-state index in [1.54, 1.807) is 0 Å². The summed E-state index contributed by atoms with van der Waals surface area (Å²) >= 11 is 0. The summed E-state index contributed by atoms with van der Waals surface area (Å²) in [6, 6.07) is 0. The van der Waals surface area contributed by atoms with Crippen molar-refractivity contribution in [1.82, 2.24) is 5.32 Å². The number of hydrogen-bond donors (Lipinski definition) is 1. The van der Waals surface area contributed by atoms with Gasteiger partial charge in [0.2, 0.25) is 0 Å². The molecule has 1 N–H and O–H groups in total. The van der Waals surface area contributed by atoms with E-state index in [0.29, 0.717) is 31.9 Å². The second-order valence-corrected chi connectivity index (χ2v) is 9.49. The number of ether oxygens (including phenoxy) is 2. The van der Waals surface area contributed by atoms with E-state index in [9.17, 15) is 9.59 Å². The minimum absolute atomic E-state index is 0.164. The van der Waals surface area contributed by atoms with E-state index in [-0.39, 0.29) is 5.97 Å². The van der Waals surface area contributed by atoms with Crippen molar-refractivity contribution < 1.29 is 19.1 Å². The number of carbonyl (C=O) groups excluding carboxylic acids is 2. The Labute approximate surface area is 186 Å². The number of rotatable bonds is 18. The molecule has 1 amide bonds. The van der Waals surface area contributed by atoms with Crippen LogP contribution in [0, 0.1) is 5.92 Å². The monoisotopic (exact) mass is 427 g/mol. The van der Waals surface area contributed by atoms with Gasteiger partial charge in [-0.15, -0.1) is 0 Å². The molecule has 0 aliphatic rings. The van der Waals surface area contributed by atoms with Gasteiger partial charge in [-0.1, -0.05) is 78.1 Å². The number of unbranched alkanes of at least 4 members (excludes halogenated alkanes) is 8. The molecule has 0 saturated carbocycles. The summed E-state index contributed by atoms with van der Waals surface area (Å²) in [6.45, 7) is 10.9. The number of hydrogen-bond acceptors (Lipinski definition) is 4. The summed E-state index contributed by atoms with van der Waals surface area (Å²) in [7, 11) is 0. The molecule has 0 saturated heterocycles. The average molecular weight is 428 g/mol. The van der Waals surface area contributed by atoms with Crippen LogP contribution in [0.25, 0.3) is 0 Å². The van der Waals surface area contributed by atoms with Gasteiger partial charge in [-0.3, -0.25) is 4.79 Å². The zero-order valence-electron chi connectivity index (χ0n) is 20.5. The second kappa shape index (κ2) is 18.5. The van der Waals surface area contributed by atoms with Crippen LogP contribution in [0.2, 0.25) is 0 Å². The molecule has 0 spiro atoms. The Bertz CT molecular complexity index is 431. The van der Waals surface area contributed by atoms with Crippen molar-refractivity contribution in [2.45, 2.75) is 130 Å². The Balaban J connectivity index is 4.04. The van der Waals surface area contributed by atoms with Crippen molar-refractivity contribution in [2.75, 3.05) is 13.2 Å². The van der Waals surface area contributed by atoms with Gasteiger partial charge in [0.15, 0.2) is 0 Å². The maximum atomic E-state index is 12.1. The van der Waals surface area contributed by atoms with E-state index in [2.05, 4.69) is 19.2 Å². The van der Waals surface area contributed by atoms with E-state index in [1.807, 2.05) is 20.8 Å². The molecule has 0 bridgehead atoms. The molecule has 5 heteroatoms.